The molecule has 1 atom stereocenters. The second kappa shape index (κ2) is 9.29. The van der Waals surface area contributed by atoms with Crippen molar-refractivity contribution in [2.75, 3.05) is 13.2 Å². The van der Waals surface area contributed by atoms with Gasteiger partial charge in [-0.05, 0) is 78.8 Å². The first-order chi connectivity index (χ1) is 18.3. The lowest BCUT2D eigenvalue weighted by atomic mass is 9.85. The molecule has 38 heavy (non-hydrogen) atoms. The number of carboxylic acids is 1. The molecule has 2 aliphatic heterocycles. The number of aliphatic carboxylic acids is 1. The van der Waals surface area contributed by atoms with E-state index in [-0.39, 0.29) is 24.0 Å². The first-order valence-corrected chi connectivity index (χ1v) is 13.3. The molecular formula is C30H33N3O5. The van der Waals surface area contributed by atoms with Crippen molar-refractivity contribution < 1.29 is 24.9 Å². The minimum atomic E-state index is -1.77. The average Bonchev–Trinajstić information content (AvgIpc) is 3.03. The zero-order chi connectivity index (χ0) is 26.7. The molecule has 2 aromatic rings. The van der Waals surface area contributed by atoms with Crippen LogP contribution in [0, 0.1) is 19.8 Å². The monoisotopic (exact) mass is 515 g/mol. The lowest BCUT2D eigenvalue weighted by molar-refractivity contribution is -0.153. The van der Waals surface area contributed by atoms with Gasteiger partial charge in [-0.2, -0.15) is 5.01 Å². The standard InChI is InChI=1S/C30H33N3O5/c1-17-6-3-10-22-20(17)12-13-21-18(2)7-4-11-23(21)25(22)33-16-31(14-19-8-5-9-19)29(36)26-28(35)27(34)24(30(37)38)15-32(26)33/h3-4,6-7,10-11,15,19,25,27,34-35H,5,8-9,12-14,16H2,1-2H3,(H,37,38). The third kappa shape index (κ3) is 3.82. The molecule has 1 unspecified atom stereocenters. The van der Waals surface area contributed by atoms with E-state index in [0.29, 0.717) is 12.5 Å². The van der Waals surface area contributed by atoms with Crippen molar-refractivity contribution >= 4 is 11.9 Å². The molecule has 4 aliphatic rings. The Balaban J connectivity index is 1.57. The fourth-order valence-corrected chi connectivity index (χ4v) is 6.42. The lowest BCUT2D eigenvalue weighted by Crippen LogP contribution is -2.60. The Morgan fingerprint density at radius 3 is 2.13 bits per heavy atom. The number of aliphatic hydroxyl groups is 2. The normalized spacial score (nSPS) is 22.3. The van der Waals surface area contributed by atoms with Gasteiger partial charge in [0, 0.05) is 12.7 Å². The maximum Gasteiger partial charge on any atom is 0.336 e. The molecule has 3 N–H and O–H groups in total. The van der Waals surface area contributed by atoms with Gasteiger partial charge in [0.25, 0.3) is 5.91 Å². The number of carbonyl (C=O) groups excluding carboxylic acids is 1. The second-order valence-electron chi connectivity index (χ2n) is 11.0. The molecule has 2 fully saturated rings. The predicted octanol–water partition coefficient (Wildman–Crippen LogP) is 3.72. The number of benzene rings is 2. The summed E-state index contributed by atoms with van der Waals surface area (Å²) in [5.41, 5.74) is 6.60. The van der Waals surface area contributed by atoms with Crippen LogP contribution in [0.3, 0.4) is 0 Å². The van der Waals surface area contributed by atoms with Crippen molar-refractivity contribution in [1.82, 2.24) is 14.9 Å². The summed E-state index contributed by atoms with van der Waals surface area (Å²) in [4.78, 5) is 27.5. The highest BCUT2D eigenvalue weighted by Crippen LogP contribution is 2.43. The van der Waals surface area contributed by atoms with Crippen LogP contribution in [0.15, 0.2) is 59.6 Å². The molecule has 0 aromatic heterocycles. The number of fused-ring (bicyclic) bond motifs is 3. The van der Waals surface area contributed by atoms with E-state index < -0.39 is 23.7 Å². The van der Waals surface area contributed by atoms with Crippen LogP contribution >= 0.6 is 0 Å². The molecule has 0 spiro atoms. The van der Waals surface area contributed by atoms with Gasteiger partial charge in [0.1, 0.15) is 6.10 Å². The summed E-state index contributed by atoms with van der Waals surface area (Å²) in [6.07, 6.45) is 4.52. The summed E-state index contributed by atoms with van der Waals surface area (Å²) < 4.78 is 0. The van der Waals surface area contributed by atoms with Gasteiger partial charge in [0.15, 0.2) is 11.5 Å². The number of aryl methyl sites for hydroxylation is 2. The van der Waals surface area contributed by atoms with Crippen molar-refractivity contribution in [3.8, 4) is 0 Å². The number of aliphatic hydroxyl groups excluding tert-OH is 2. The Hall–Kier alpha value is -3.62. The molecule has 8 heteroatoms. The van der Waals surface area contributed by atoms with Crippen LogP contribution in [-0.2, 0) is 22.4 Å². The first-order valence-electron chi connectivity index (χ1n) is 13.3. The minimum Gasteiger partial charge on any atom is -0.507 e. The number of carbonyl (C=O) groups is 2. The molecule has 1 saturated heterocycles. The van der Waals surface area contributed by atoms with Gasteiger partial charge in [0.05, 0.1) is 18.3 Å². The molecular weight excluding hydrogens is 482 g/mol. The van der Waals surface area contributed by atoms with Crippen molar-refractivity contribution in [3.05, 3.63) is 93.0 Å². The number of rotatable bonds is 4. The number of amides is 1. The topological polar surface area (TPSA) is 105 Å². The number of nitrogens with zero attached hydrogens (tertiary/aromatic N) is 3. The zero-order valence-electron chi connectivity index (χ0n) is 21.7. The van der Waals surface area contributed by atoms with E-state index in [4.69, 9.17) is 0 Å². The molecule has 0 bridgehead atoms. The fourth-order valence-electron chi connectivity index (χ4n) is 6.42. The summed E-state index contributed by atoms with van der Waals surface area (Å²) >= 11 is 0. The molecule has 2 heterocycles. The summed E-state index contributed by atoms with van der Waals surface area (Å²) in [5, 5.41) is 35.0. The molecule has 0 radical (unpaired) electrons. The largest absolute Gasteiger partial charge is 0.507 e. The number of carboxylic acid groups (broad SMARTS) is 1. The van der Waals surface area contributed by atoms with E-state index in [2.05, 4.69) is 38.1 Å². The molecule has 2 aromatic carbocycles. The molecule has 2 aliphatic carbocycles. The van der Waals surface area contributed by atoms with Crippen LogP contribution in [0.5, 0.6) is 0 Å². The maximum atomic E-state index is 13.7. The van der Waals surface area contributed by atoms with Crippen LogP contribution in [0.2, 0.25) is 0 Å². The van der Waals surface area contributed by atoms with Gasteiger partial charge in [-0.25, -0.2) is 4.79 Å². The van der Waals surface area contributed by atoms with Gasteiger partial charge < -0.3 is 20.2 Å². The van der Waals surface area contributed by atoms with Crippen LogP contribution in [0.25, 0.3) is 0 Å². The predicted molar refractivity (Wildman–Crippen MR) is 141 cm³/mol. The number of hydrogen-bond acceptors (Lipinski definition) is 6. The number of hydrazine groups is 1. The van der Waals surface area contributed by atoms with Gasteiger partial charge >= 0.3 is 5.97 Å². The average molecular weight is 516 g/mol. The molecule has 1 saturated carbocycles. The van der Waals surface area contributed by atoms with E-state index in [0.717, 1.165) is 43.2 Å². The Morgan fingerprint density at radius 1 is 1.00 bits per heavy atom. The van der Waals surface area contributed by atoms with E-state index in [1.165, 1.54) is 33.5 Å². The van der Waals surface area contributed by atoms with E-state index in [1.807, 2.05) is 17.1 Å². The van der Waals surface area contributed by atoms with Crippen LogP contribution in [0.4, 0.5) is 0 Å². The Labute approximate surface area is 222 Å². The fraction of sp³-hybridized carbons (Fsp3) is 0.400. The summed E-state index contributed by atoms with van der Waals surface area (Å²) in [6.45, 7) is 5.01. The first kappa shape index (κ1) is 24.7. The third-order valence-electron chi connectivity index (χ3n) is 8.72. The van der Waals surface area contributed by atoms with Crippen molar-refractivity contribution in [1.29, 1.82) is 0 Å². The summed E-state index contributed by atoms with van der Waals surface area (Å²) in [5.74, 6) is -1.97. The van der Waals surface area contributed by atoms with Gasteiger partial charge in [0.2, 0.25) is 0 Å². The second-order valence-corrected chi connectivity index (χ2v) is 11.0. The molecule has 6 rings (SSSR count). The van der Waals surface area contributed by atoms with Gasteiger partial charge in [-0.1, -0.05) is 42.8 Å². The highest BCUT2D eigenvalue weighted by molar-refractivity contribution is 5.97. The van der Waals surface area contributed by atoms with Crippen molar-refractivity contribution in [2.45, 2.75) is 58.1 Å². The quantitative estimate of drug-likeness (QED) is 0.570. The third-order valence-corrected chi connectivity index (χ3v) is 8.72. The Bertz CT molecular complexity index is 1340. The van der Waals surface area contributed by atoms with E-state index >= 15 is 0 Å². The number of hydrogen-bond donors (Lipinski definition) is 3. The lowest BCUT2D eigenvalue weighted by Gasteiger charge is -2.50. The van der Waals surface area contributed by atoms with Crippen LogP contribution in [-0.4, -0.2) is 61.4 Å². The van der Waals surface area contributed by atoms with E-state index in [9.17, 15) is 24.9 Å². The highest BCUT2D eigenvalue weighted by Gasteiger charge is 2.47. The van der Waals surface area contributed by atoms with Crippen LogP contribution in [0.1, 0.15) is 58.7 Å². The Morgan fingerprint density at radius 2 is 1.61 bits per heavy atom. The summed E-state index contributed by atoms with van der Waals surface area (Å²) in [6, 6.07) is 12.2. The minimum absolute atomic E-state index is 0.0827. The molecule has 8 nitrogen and oxygen atoms in total. The van der Waals surface area contributed by atoms with Gasteiger partial charge in [-0.3, -0.25) is 9.80 Å². The molecule has 1 amide bonds. The van der Waals surface area contributed by atoms with Crippen LogP contribution < -0.4 is 0 Å². The Kier molecular flexibility index (Phi) is 6.04. The zero-order valence-corrected chi connectivity index (χ0v) is 21.7. The molecule has 198 valence electrons. The van der Waals surface area contributed by atoms with Crippen molar-refractivity contribution in [3.63, 3.8) is 0 Å². The SMILES string of the molecule is Cc1cccc2c1CCc1c(C)cccc1C2N1CN(CC2CCC2)C(=O)C2=C(O)C(O)C(C(=O)O)=CN21. The summed E-state index contributed by atoms with van der Waals surface area (Å²) in [7, 11) is 0. The highest BCUT2D eigenvalue weighted by atomic mass is 16.4. The maximum absolute atomic E-state index is 13.7. The van der Waals surface area contributed by atoms with Crippen molar-refractivity contribution in [2.24, 2.45) is 5.92 Å². The van der Waals surface area contributed by atoms with E-state index in [1.54, 1.807) is 4.90 Å². The smallest absolute Gasteiger partial charge is 0.336 e. The van der Waals surface area contributed by atoms with Gasteiger partial charge in [-0.15, -0.1) is 0 Å².